The molecular formula is C23H23NO3S. The summed E-state index contributed by atoms with van der Waals surface area (Å²) in [5, 5.41) is 0. The molecule has 0 aliphatic rings. The Labute approximate surface area is 166 Å². The largest absolute Gasteiger partial charge is 0.294 e. The minimum Gasteiger partial charge on any atom is -0.294 e. The summed E-state index contributed by atoms with van der Waals surface area (Å²) in [7, 11) is -3.33. The molecule has 1 heterocycles. The lowest BCUT2D eigenvalue weighted by atomic mass is 9.84. The number of carbonyl (C=O) groups is 1. The molecule has 4 nitrogen and oxygen atoms in total. The predicted octanol–water partition coefficient (Wildman–Crippen LogP) is 4.51. The average molecular weight is 394 g/mol. The number of ketones is 1. The molecule has 0 aliphatic carbocycles. The van der Waals surface area contributed by atoms with Crippen LogP contribution in [0.4, 0.5) is 0 Å². The van der Waals surface area contributed by atoms with Crippen LogP contribution in [0, 0.1) is 13.8 Å². The summed E-state index contributed by atoms with van der Waals surface area (Å²) >= 11 is 0. The minimum absolute atomic E-state index is 0.00325. The number of Topliss-reactive ketones (excluding diaryl/α,β-unsaturated/α-hetero) is 1. The van der Waals surface area contributed by atoms with Gasteiger partial charge in [-0.15, -0.1) is 0 Å². The van der Waals surface area contributed by atoms with Gasteiger partial charge in [0.1, 0.15) is 0 Å². The van der Waals surface area contributed by atoms with Gasteiger partial charge >= 0.3 is 0 Å². The van der Waals surface area contributed by atoms with E-state index >= 15 is 0 Å². The fourth-order valence-electron chi connectivity index (χ4n) is 3.37. The summed E-state index contributed by atoms with van der Waals surface area (Å²) in [6.07, 6.45) is 3.08. The third-order valence-electron chi connectivity index (χ3n) is 4.86. The summed E-state index contributed by atoms with van der Waals surface area (Å²) in [5.74, 6) is -0.229. The summed E-state index contributed by atoms with van der Waals surface area (Å²) in [5.41, 5.74) is 4.31. The molecule has 0 saturated heterocycles. The minimum atomic E-state index is -3.33. The fraction of sp³-hybridized carbons (Fsp3) is 0.217. The zero-order valence-electron chi connectivity index (χ0n) is 16.2. The second kappa shape index (κ2) is 8.07. The van der Waals surface area contributed by atoms with Crippen LogP contribution in [0.5, 0.6) is 0 Å². The van der Waals surface area contributed by atoms with Crippen molar-refractivity contribution in [3.05, 3.63) is 94.8 Å². The van der Waals surface area contributed by atoms with Gasteiger partial charge in [0.15, 0.2) is 15.6 Å². The summed E-state index contributed by atoms with van der Waals surface area (Å²) in [4.78, 5) is 17.4. The third kappa shape index (κ3) is 4.54. The van der Waals surface area contributed by atoms with E-state index in [4.69, 9.17) is 0 Å². The highest BCUT2D eigenvalue weighted by atomic mass is 32.2. The Morgan fingerprint density at radius 1 is 1.00 bits per heavy atom. The highest BCUT2D eigenvalue weighted by molar-refractivity contribution is 7.90. The topological polar surface area (TPSA) is 64.1 Å². The van der Waals surface area contributed by atoms with Crippen LogP contribution in [0.2, 0.25) is 0 Å². The van der Waals surface area contributed by atoms with Crippen LogP contribution in [-0.4, -0.2) is 25.4 Å². The molecular weight excluding hydrogens is 370 g/mol. The van der Waals surface area contributed by atoms with Crippen molar-refractivity contribution in [2.45, 2.75) is 31.1 Å². The summed E-state index contributed by atoms with van der Waals surface area (Å²) < 4.78 is 24.0. The summed E-state index contributed by atoms with van der Waals surface area (Å²) in [6.45, 7) is 3.86. The Kier molecular flexibility index (Phi) is 5.75. The van der Waals surface area contributed by atoms with Gasteiger partial charge in [-0.1, -0.05) is 36.4 Å². The number of aromatic nitrogens is 1. The SMILES string of the molecule is Cc1cc(C(=O)CC(c2cccc(S(C)(=O)=O)c2)c2ccccc2C)ccn1. The molecule has 0 amide bonds. The van der Waals surface area contributed by atoms with E-state index in [1.807, 2.05) is 44.2 Å². The van der Waals surface area contributed by atoms with Crippen molar-refractivity contribution in [3.8, 4) is 0 Å². The first-order valence-electron chi connectivity index (χ1n) is 9.07. The number of hydrogen-bond donors (Lipinski definition) is 0. The Hall–Kier alpha value is -2.79. The van der Waals surface area contributed by atoms with Crippen molar-refractivity contribution in [2.24, 2.45) is 0 Å². The van der Waals surface area contributed by atoms with Crippen molar-refractivity contribution >= 4 is 15.6 Å². The predicted molar refractivity (Wildman–Crippen MR) is 110 cm³/mol. The standard InChI is InChI=1S/C23H23NO3S/c1-16-7-4-5-10-21(16)22(15-23(25)19-11-12-24-17(2)13-19)18-8-6-9-20(14-18)28(3,26)27/h4-14,22H,15H2,1-3H3. The maximum atomic E-state index is 13.0. The van der Waals surface area contributed by atoms with Gasteiger partial charge in [-0.3, -0.25) is 9.78 Å². The van der Waals surface area contributed by atoms with Crippen LogP contribution >= 0.6 is 0 Å². The maximum Gasteiger partial charge on any atom is 0.175 e. The monoisotopic (exact) mass is 393 g/mol. The second-order valence-corrected chi connectivity index (χ2v) is 9.08. The summed E-state index contributed by atoms with van der Waals surface area (Å²) in [6, 6.07) is 18.3. The van der Waals surface area contributed by atoms with Crippen molar-refractivity contribution < 1.29 is 13.2 Å². The van der Waals surface area contributed by atoms with Crippen LogP contribution in [0.25, 0.3) is 0 Å². The molecule has 0 radical (unpaired) electrons. The number of benzene rings is 2. The lowest BCUT2D eigenvalue weighted by Gasteiger charge is -2.20. The molecule has 3 rings (SSSR count). The fourth-order valence-corrected chi connectivity index (χ4v) is 4.05. The average Bonchev–Trinajstić information content (AvgIpc) is 2.66. The third-order valence-corrected chi connectivity index (χ3v) is 5.97. The molecule has 5 heteroatoms. The van der Waals surface area contributed by atoms with Gasteiger partial charge < -0.3 is 0 Å². The van der Waals surface area contributed by atoms with Crippen molar-refractivity contribution in [3.63, 3.8) is 0 Å². The first-order chi connectivity index (χ1) is 13.3. The molecule has 28 heavy (non-hydrogen) atoms. The normalized spacial score (nSPS) is 12.5. The van der Waals surface area contributed by atoms with Crippen LogP contribution < -0.4 is 0 Å². The number of hydrogen-bond acceptors (Lipinski definition) is 4. The maximum absolute atomic E-state index is 13.0. The van der Waals surface area contributed by atoms with Crippen molar-refractivity contribution in [2.75, 3.05) is 6.26 Å². The molecule has 3 aromatic rings. The lowest BCUT2D eigenvalue weighted by molar-refractivity contribution is 0.0977. The number of pyridine rings is 1. The number of nitrogens with zero attached hydrogens (tertiary/aromatic N) is 1. The van der Waals surface area contributed by atoms with Gasteiger partial charge in [0.2, 0.25) is 0 Å². The van der Waals surface area contributed by atoms with Crippen LogP contribution in [-0.2, 0) is 9.84 Å². The van der Waals surface area contributed by atoms with E-state index in [0.717, 1.165) is 22.4 Å². The number of sulfone groups is 1. The van der Waals surface area contributed by atoms with Gasteiger partial charge in [-0.05, 0) is 54.8 Å². The lowest BCUT2D eigenvalue weighted by Crippen LogP contribution is -2.11. The number of carbonyl (C=O) groups excluding carboxylic acids is 1. The molecule has 144 valence electrons. The highest BCUT2D eigenvalue weighted by Gasteiger charge is 2.22. The van der Waals surface area contributed by atoms with Crippen LogP contribution in [0.1, 0.15) is 45.1 Å². The van der Waals surface area contributed by atoms with Crippen molar-refractivity contribution in [1.82, 2.24) is 4.98 Å². The molecule has 0 N–H and O–H groups in total. The van der Waals surface area contributed by atoms with Gasteiger partial charge in [0.25, 0.3) is 0 Å². The van der Waals surface area contributed by atoms with Gasteiger partial charge in [-0.2, -0.15) is 0 Å². The molecule has 1 unspecified atom stereocenters. The number of rotatable bonds is 6. The number of aryl methyl sites for hydroxylation is 2. The highest BCUT2D eigenvalue weighted by Crippen LogP contribution is 2.32. The molecule has 1 aromatic heterocycles. The zero-order chi connectivity index (χ0) is 20.3. The van der Waals surface area contributed by atoms with E-state index < -0.39 is 9.84 Å². The van der Waals surface area contributed by atoms with E-state index in [-0.39, 0.29) is 23.0 Å². The van der Waals surface area contributed by atoms with Crippen molar-refractivity contribution in [1.29, 1.82) is 0 Å². The molecule has 2 aromatic carbocycles. The van der Waals surface area contributed by atoms with Gasteiger partial charge in [0, 0.05) is 36.0 Å². The first-order valence-corrected chi connectivity index (χ1v) is 11.0. The molecule has 0 fully saturated rings. The van der Waals surface area contributed by atoms with Gasteiger partial charge in [0.05, 0.1) is 4.90 Å². The van der Waals surface area contributed by atoms with E-state index in [1.54, 1.807) is 36.5 Å². The Bertz CT molecular complexity index is 1120. The van der Waals surface area contributed by atoms with E-state index in [0.29, 0.717) is 5.56 Å². The smallest absolute Gasteiger partial charge is 0.175 e. The van der Waals surface area contributed by atoms with E-state index in [2.05, 4.69) is 4.98 Å². The molecule has 1 atom stereocenters. The Morgan fingerprint density at radius 2 is 1.75 bits per heavy atom. The Morgan fingerprint density at radius 3 is 2.43 bits per heavy atom. The second-order valence-electron chi connectivity index (χ2n) is 7.07. The quantitative estimate of drug-likeness (QED) is 0.578. The van der Waals surface area contributed by atoms with Crippen LogP contribution in [0.3, 0.4) is 0 Å². The van der Waals surface area contributed by atoms with E-state index in [9.17, 15) is 13.2 Å². The Balaban J connectivity index is 2.06. The first kappa shape index (κ1) is 20.0. The molecule has 0 spiro atoms. The van der Waals surface area contributed by atoms with E-state index in [1.165, 1.54) is 6.26 Å². The molecule has 0 aliphatic heterocycles. The van der Waals surface area contributed by atoms with Gasteiger partial charge in [-0.25, -0.2) is 8.42 Å². The molecule has 0 saturated carbocycles. The zero-order valence-corrected chi connectivity index (χ0v) is 17.0. The van der Waals surface area contributed by atoms with Crippen LogP contribution in [0.15, 0.2) is 71.8 Å². The molecule has 0 bridgehead atoms.